The third kappa shape index (κ3) is 5.03. The highest BCUT2D eigenvalue weighted by molar-refractivity contribution is 5.48. The van der Waals surface area contributed by atoms with Crippen molar-refractivity contribution in [1.82, 2.24) is 0 Å². The lowest BCUT2D eigenvalue weighted by molar-refractivity contribution is 0.286. The second-order valence-corrected chi connectivity index (χ2v) is 3.73. The lowest BCUT2D eigenvalue weighted by atomic mass is 10.2. The number of nitrogens with one attached hydrogen (secondary N) is 1. The number of aliphatic hydroxyl groups excluding tert-OH is 1. The van der Waals surface area contributed by atoms with Crippen LogP contribution < -0.4 is 10.1 Å². The molecule has 1 aromatic rings. The maximum atomic E-state index is 8.66. The first-order valence-corrected chi connectivity index (χ1v) is 5.94. The van der Waals surface area contributed by atoms with Crippen molar-refractivity contribution in [2.45, 2.75) is 26.2 Å². The highest BCUT2D eigenvalue weighted by atomic mass is 16.5. The Morgan fingerprint density at radius 1 is 1.31 bits per heavy atom. The molecule has 3 heteroatoms. The van der Waals surface area contributed by atoms with Crippen molar-refractivity contribution in [3.63, 3.8) is 0 Å². The molecular weight excluding hydrogens is 202 g/mol. The van der Waals surface area contributed by atoms with E-state index in [-0.39, 0.29) is 6.61 Å². The molecule has 0 aliphatic heterocycles. The van der Waals surface area contributed by atoms with Crippen LogP contribution in [0, 0.1) is 0 Å². The molecule has 0 saturated heterocycles. The van der Waals surface area contributed by atoms with E-state index in [1.54, 1.807) is 0 Å². The first kappa shape index (κ1) is 12.8. The Kier molecular flexibility index (Phi) is 6.42. The summed E-state index contributed by atoms with van der Waals surface area (Å²) in [5.41, 5.74) is 1.08. The molecule has 2 N–H and O–H groups in total. The second-order valence-electron chi connectivity index (χ2n) is 3.73. The SMILES string of the molecule is CCCOc1cccc(NCCCCO)c1. The summed E-state index contributed by atoms with van der Waals surface area (Å²) in [6, 6.07) is 7.99. The minimum atomic E-state index is 0.265. The number of aliphatic hydroxyl groups is 1. The van der Waals surface area contributed by atoms with E-state index >= 15 is 0 Å². The third-order valence-corrected chi connectivity index (χ3v) is 2.22. The average molecular weight is 223 g/mol. The topological polar surface area (TPSA) is 41.5 Å². The maximum absolute atomic E-state index is 8.66. The Morgan fingerprint density at radius 3 is 2.94 bits per heavy atom. The smallest absolute Gasteiger partial charge is 0.121 e. The van der Waals surface area contributed by atoms with Gasteiger partial charge in [-0.3, -0.25) is 0 Å². The zero-order valence-corrected chi connectivity index (χ0v) is 9.91. The molecule has 3 nitrogen and oxygen atoms in total. The van der Waals surface area contributed by atoms with Crippen LogP contribution in [0.15, 0.2) is 24.3 Å². The number of hydrogen-bond donors (Lipinski definition) is 2. The van der Waals surface area contributed by atoms with Gasteiger partial charge in [-0.05, 0) is 31.4 Å². The minimum Gasteiger partial charge on any atom is -0.494 e. The Hall–Kier alpha value is -1.22. The van der Waals surface area contributed by atoms with Gasteiger partial charge in [-0.15, -0.1) is 0 Å². The highest BCUT2D eigenvalue weighted by Crippen LogP contribution is 2.17. The summed E-state index contributed by atoms with van der Waals surface area (Å²) >= 11 is 0. The standard InChI is InChI=1S/C13H21NO2/c1-2-10-16-13-7-5-6-12(11-13)14-8-3-4-9-15/h5-7,11,14-15H,2-4,8-10H2,1H3. The normalized spacial score (nSPS) is 10.1. The van der Waals surface area contributed by atoms with Gasteiger partial charge < -0.3 is 15.2 Å². The number of benzene rings is 1. The van der Waals surface area contributed by atoms with E-state index in [0.717, 1.165) is 43.9 Å². The largest absolute Gasteiger partial charge is 0.494 e. The van der Waals surface area contributed by atoms with Crippen LogP contribution in [0.25, 0.3) is 0 Å². The Bertz CT molecular complexity index is 289. The Morgan fingerprint density at radius 2 is 2.19 bits per heavy atom. The van der Waals surface area contributed by atoms with Gasteiger partial charge in [-0.2, -0.15) is 0 Å². The van der Waals surface area contributed by atoms with Gasteiger partial charge in [0.2, 0.25) is 0 Å². The van der Waals surface area contributed by atoms with Gasteiger partial charge in [0, 0.05) is 24.9 Å². The van der Waals surface area contributed by atoms with Crippen molar-refractivity contribution < 1.29 is 9.84 Å². The van der Waals surface area contributed by atoms with Crippen LogP contribution in [-0.4, -0.2) is 24.9 Å². The van der Waals surface area contributed by atoms with E-state index in [2.05, 4.69) is 12.2 Å². The van der Waals surface area contributed by atoms with Gasteiger partial charge in [-0.1, -0.05) is 13.0 Å². The van der Waals surface area contributed by atoms with E-state index in [9.17, 15) is 0 Å². The molecule has 1 aromatic carbocycles. The lowest BCUT2D eigenvalue weighted by Crippen LogP contribution is -2.02. The lowest BCUT2D eigenvalue weighted by Gasteiger charge is -2.08. The van der Waals surface area contributed by atoms with Crippen molar-refractivity contribution in [2.75, 3.05) is 25.1 Å². The first-order valence-electron chi connectivity index (χ1n) is 5.94. The molecule has 1 rings (SSSR count). The Balaban J connectivity index is 2.35. The third-order valence-electron chi connectivity index (χ3n) is 2.22. The summed E-state index contributed by atoms with van der Waals surface area (Å²) in [7, 11) is 0. The van der Waals surface area contributed by atoms with Gasteiger partial charge in [0.1, 0.15) is 5.75 Å². The average Bonchev–Trinajstić information content (AvgIpc) is 2.33. The van der Waals surface area contributed by atoms with Crippen molar-refractivity contribution >= 4 is 5.69 Å². The molecule has 0 saturated carbocycles. The monoisotopic (exact) mass is 223 g/mol. The van der Waals surface area contributed by atoms with Gasteiger partial charge in [-0.25, -0.2) is 0 Å². The molecule has 0 amide bonds. The van der Waals surface area contributed by atoms with Crippen LogP contribution in [0.3, 0.4) is 0 Å². The number of hydrogen-bond acceptors (Lipinski definition) is 3. The zero-order chi connectivity index (χ0) is 11.6. The van der Waals surface area contributed by atoms with Crippen LogP contribution in [0.2, 0.25) is 0 Å². The molecule has 90 valence electrons. The van der Waals surface area contributed by atoms with E-state index in [1.165, 1.54) is 0 Å². The van der Waals surface area contributed by atoms with Crippen molar-refractivity contribution in [3.05, 3.63) is 24.3 Å². The first-order chi connectivity index (χ1) is 7.86. The van der Waals surface area contributed by atoms with Gasteiger partial charge >= 0.3 is 0 Å². The highest BCUT2D eigenvalue weighted by Gasteiger charge is 1.95. The quantitative estimate of drug-likeness (QED) is 0.666. The van der Waals surface area contributed by atoms with Crippen LogP contribution in [0.4, 0.5) is 5.69 Å². The summed E-state index contributed by atoms with van der Waals surface area (Å²) in [4.78, 5) is 0. The fourth-order valence-electron chi connectivity index (χ4n) is 1.39. The number of anilines is 1. The molecule has 0 aromatic heterocycles. The maximum Gasteiger partial charge on any atom is 0.121 e. The van der Waals surface area contributed by atoms with E-state index < -0.39 is 0 Å². The number of ether oxygens (including phenoxy) is 1. The predicted molar refractivity (Wildman–Crippen MR) is 67.0 cm³/mol. The van der Waals surface area contributed by atoms with Crippen molar-refractivity contribution in [1.29, 1.82) is 0 Å². The van der Waals surface area contributed by atoms with Crippen LogP contribution >= 0.6 is 0 Å². The summed E-state index contributed by atoms with van der Waals surface area (Å²) in [6.45, 7) is 4.00. The molecule has 16 heavy (non-hydrogen) atoms. The summed E-state index contributed by atoms with van der Waals surface area (Å²) < 4.78 is 5.54. The van der Waals surface area contributed by atoms with Crippen LogP contribution in [0.1, 0.15) is 26.2 Å². The van der Waals surface area contributed by atoms with Gasteiger partial charge in [0.05, 0.1) is 6.61 Å². The summed E-state index contributed by atoms with van der Waals surface area (Å²) in [5, 5.41) is 12.0. The molecule has 0 radical (unpaired) electrons. The molecule has 0 spiro atoms. The fraction of sp³-hybridized carbons (Fsp3) is 0.538. The zero-order valence-electron chi connectivity index (χ0n) is 9.91. The van der Waals surface area contributed by atoms with Crippen molar-refractivity contribution in [3.8, 4) is 5.75 Å². The van der Waals surface area contributed by atoms with Gasteiger partial charge in [0.15, 0.2) is 0 Å². The molecule has 0 aliphatic rings. The molecule has 0 bridgehead atoms. The van der Waals surface area contributed by atoms with E-state index in [4.69, 9.17) is 9.84 Å². The number of rotatable bonds is 8. The molecule has 0 heterocycles. The number of unbranched alkanes of at least 4 members (excludes halogenated alkanes) is 1. The predicted octanol–water partition coefficient (Wildman–Crippen LogP) is 2.66. The van der Waals surface area contributed by atoms with Gasteiger partial charge in [0.25, 0.3) is 0 Å². The Labute approximate surface area is 97.4 Å². The van der Waals surface area contributed by atoms with E-state index in [1.807, 2.05) is 24.3 Å². The van der Waals surface area contributed by atoms with E-state index in [0.29, 0.717) is 0 Å². The fourth-order valence-corrected chi connectivity index (χ4v) is 1.39. The molecular formula is C13H21NO2. The molecule has 0 unspecified atom stereocenters. The molecule has 0 fully saturated rings. The second kappa shape index (κ2) is 7.99. The molecule has 0 atom stereocenters. The van der Waals surface area contributed by atoms with Crippen molar-refractivity contribution in [2.24, 2.45) is 0 Å². The van der Waals surface area contributed by atoms with Crippen LogP contribution in [0.5, 0.6) is 5.75 Å². The molecule has 0 aliphatic carbocycles. The minimum absolute atomic E-state index is 0.265. The summed E-state index contributed by atoms with van der Waals surface area (Å²) in [6.07, 6.45) is 2.85. The van der Waals surface area contributed by atoms with Crippen LogP contribution in [-0.2, 0) is 0 Å². The summed E-state index contributed by atoms with van der Waals surface area (Å²) in [5.74, 6) is 0.911.